The second-order valence-corrected chi connectivity index (χ2v) is 5.94. The standard InChI is InChI=1S/C12H19NO2S/c1-9(14)7-11-3-2-5-13(11)12(15)10-4-6-16-8-10/h10-11H,2-8H2,1H3. The fraction of sp³-hybridized carbons (Fsp3) is 0.833. The van der Waals surface area contributed by atoms with E-state index in [0.29, 0.717) is 12.3 Å². The van der Waals surface area contributed by atoms with Gasteiger partial charge in [0, 0.05) is 30.7 Å². The number of hydrogen-bond donors (Lipinski definition) is 0. The van der Waals surface area contributed by atoms with E-state index in [1.54, 1.807) is 6.92 Å². The molecule has 2 heterocycles. The number of rotatable bonds is 3. The van der Waals surface area contributed by atoms with Gasteiger partial charge >= 0.3 is 0 Å². The highest BCUT2D eigenvalue weighted by atomic mass is 32.2. The van der Waals surface area contributed by atoms with Crippen LogP contribution in [0.5, 0.6) is 0 Å². The van der Waals surface area contributed by atoms with Gasteiger partial charge < -0.3 is 4.90 Å². The highest BCUT2D eigenvalue weighted by molar-refractivity contribution is 7.99. The molecule has 2 saturated heterocycles. The molecule has 1 amide bonds. The summed E-state index contributed by atoms with van der Waals surface area (Å²) in [6.07, 6.45) is 3.63. The van der Waals surface area contributed by atoms with Crippen molar-refractivity contribution < 1.29 is 9.59 Å². The van der Waals surface area contributed by atoms with Crippen molar-refractivity contribution in [2.45, 2.75) is 38.6 Å². The van der Waals surface area contributed by atoms with Gasteiger partial charge in [0.1, 0.15) is 5.78 Å². The molecular formula is C12H19NO2S. The maximum Gasteiger partial charge on any atom is 0.226 e. The van der Waals surface area contributed by atoms with E-state index >= 15 is 0 Å². The molecule has 0 aromatic heterocycles. The first-order valence-electron chi connectivity index (χ1n) is 6.06. The molecule has 2 fully saturated rings. The van der Waals surface area contributed by atoms with Crippen molar-refractivity contribution in [2.75, 3.05) is 18.1 Å². The monoisotopic (exact) mass is 241 g/mol. The molecule has 0 radical (unpaired) electrons. The third-order valence-corrected chi connectivity index (χ3v) is 4.62. The van der Waals surface area contributed by atoms with Crippen molar-refractivity contribution in [1.29, 1.82) is 0 Å². The maximum atomic E-state index is 12.2. The Morgan fingerprint density at radius 3 is 2.81 bits per heavy atom. The molecule has 0 N–H and O–H groups in total. The van der Waals surface area contributed by atoms with Crippen molar-refractivity contribution in [3.8, 4) is 0 Å². The Kier molecular flexibility index (Phi) is 3.90. The van der Waals surface area contributed by atoms with E-state index in [0.717, 1.165) is 37.3 Å². The highest BCUT2D eigenvalue weighted by Crippen LogP contribution is 2.29. The fourth-order valence-electron chi connectivity index (χ4n) is 2.63. The molecule has 2 aliphatic rings. The average Bonchev–Trinajstić information content (AvgIpc) is 2.84. The Hall–Kier alpha value is -0.510. The van der Waals surface area contributed by atoms with Crippen LogP contribution in [0.25, 0.3) is 0 Å². The number of carbonyl (C=O) groups is 2. The second kappa shape index (κ2) is 5.21. The van der Waals surface area contributed by atoms with Gasteiger partial charge in [-0.2, -0.15) is 11.8 Å². The minimum absolute atomic E-state index is 0.190. The minimum Gasteiger partial charge on any atom is -0.339 e. The normalized spacial score (nSPS) is 29.7. The van der Waals surface area contributed by atoms with Crippen LogP contribution in [0.2, 0.25) is 0 Å². The van der Waals surface area contributed by atoms with Crippen LogP contribution in [0.1, 0.15) is 32.6 Å². The van der Waals surface area contributed by atoms with E-state index in [4.69, 9.17) is 0 Å². The summed E-state index contributed by atoms with van der Waals surface area (Å²) >= 11 is 1.87. The molecule has 90 valence electrons. The SMILES string of the molecule is CC(=O)CC1CCCN1C(=O)C1CCSC1. The Balaban J connectivity index is 1.95. The Morgan fingerprint density at radius 2 is 2.19 bits per heavy atom. The molecule has 0 aromatic rings. The average molecular weight is 241 g/mol. The van der Waals surface area contributed by atoms with Crippen LogP contribution in [0.3, 0.4) is 0 Å². The smallest absolute Gasteiger partial charge is 0.226 e. The van der Waals surface area contributed by atoms with Crippen molar-refractivity contribution in [1.82, 2.24) is 4.90 Å². The van der Waals surface area contributed by atoms with Crippen LogP contribution < -0.4 is 0 Å². The summed E-state index contributed by atoms with van der Waals surface area (Å²) in [5.41, 5.74) is 0. The molecule has 0 bridgehead atoms. The number of likely N-dealkylation sites (tertiary alicyclic amines) is 1. The summed E-state index contributed by atoms with van der Waals surface area (Å²) in [6.45, 7) is 2.48. The molecule has 16 heavy (non-hydrogen) atoms. The molecule has 0 aliphatic carbocycles. The van der Waals surface area contributed by atoms with E-state index in [-0.39, 0.29) is 17.7 Å². The van der Waals surface area contributed by atoms with Gasteiger partial charge in [-0.05, 0) is 31.9 Å². The summed E-state index contributed by atoms with van der Waals surface area (Å²) in [4.78, 5) is 25.4. The molecule has 2 atom stereocenters. The Morgan fingerprint density at radius 1 is 1.38 bits per heavy atom. The van der Waals surface area contributed by atoms with Gasteiger partial charge in [0.25, 0.3) is 0 Å². The molecule has 2 aliphatic heterocycles. The summed E-state index contributed by atoms with van der Waals surface area (Å²) in [5.74, 6) is 2.81. The largest absolute Gasteiger partial charge is 0.339 e. The van der Waals surface area contributed by atoms with Gasteiger partial charge in [0.05, 0.1) is 0 Å². The lowest BCUT2D eigenvalue weighted by atomic mass is 10.0. The van der Waals surface area contributed by atoms with Gasteiger partial charge in [-0.25, -0.2) is 0 Å². The van der Waals surface area contributed by atoms with E-state index in [1.165, 1.54) is 0 Å². The van der Waals surface area contributed by atoms with Gasteiger partial charge in [-0.1, -0.05) is 0 Å². The van der Waals surface area contributed by atoms with Crippen LogP contribution in [0.15, 0.2) is 0 Å². The number of hydrogen-bond acceptors (Lipinski definition) is 3. The third kappa shape index (κ3) is 2.59. The molecule has 3 nitrogen and oxygen atoms in total. The predicted molar refractivity (Wildman–Crippen MR) is 65.5 cm³/mol. The van der Waals surface area contributed by atoms with E-state index in [2.05, 4.69) is 0 Å². The van der Waals surface area contributed by atoms with Crippen molar-refractivity contribution in [3.63, 3.8) is 0 Å². The number of amides is 1. The van der Waals surface area contributed by atoms with E-state index < -0.39 is 0 Å². The number of thioether (sulfide) groups is 1. The molecule has 0 aromatic carbocycles. The first-order chi connectivity index (χ1) is 7.68. The molecule has 4 heteroatoms. The van der Waals surface area contributed by atoms with E-state index in [9.17, 15) is 9.59 Å². The van der Waals surface area contributed by atoms with Crippen molar-refractivity contribution in [3.05, 3.63) is 0 Å². The van der Waals surface area contributed by atoms with Gasteiger partial charge in [0.2, 0.25) is 5.91 Å². The van der Waals surface area contributed by atoms with Crippen LogP contribution in [0.4, 0.5) is 0 Å². The molecule has 2 rings (SSSR count). The minimum atomic E-state index is 0.190. The fourth-order valence-corrected chi connectivity index (χ4v) is 3.85. The molecular weight excluding hydrogens is 222 g/mol. The third-order valence-electron chi connectivity index (χ3n) is 3.46. The summed E-state index contributed by atoms with van der Waals surface area (Å²) in [7, 11) is 0. The Labute approximate surface area is 101 Å². The van der Waals surface area contributed by atoms with Crippen molar-refractivity contribution in [2.24, 2.45) is 5.92 Å². The first kappa shape index (κ1) is 12.0. The lowest BCUT2D eigenvalue weighted by Gasteiger charge is -2.26. The molecule has 2 unspecified atom stereocenters. The van der Waals surface area contributed by atoms with Crippen LogP contribution in [0, 0.1) is 5.92 Å². The topological polar surface area (TPSA) is 37.4 Å². The second-order valence-electron chi connectivity index (χ2n) is 4.79. The highest BCUT2D eigenvalue weighted by Gasteiger charge is 2.34. The zero-order chi connectivity index (χ0) is 11.5. The summed E-state index contributed by atoms with van der Waals surface area (Å²) in [6, 6.07) is 0.190. The molecule has 0 spiro atoms. The van der Waals surface area contributed by atoms with Crippen LogP contribution in [-0.2, 0) is 9.59 Å². The van der Waals surface area contributed by atoms with Gasteiger partial charge in [-0.3, -0.25) is 9.59 Å². The lowest BCUT2D eigenvalue weighted by molar-refractivity contribution is -0.136. The predicted octanol–water partition coefficient (Wildman–Crippen LogP) is 1.71. The van der Waals surface area contributed by atoms with Crippen LogP contribution in [-0.4, -0.2) is 40.7 Å². The Bertz CT molecular complexity index is 287. The van der Waals surface area contributed by atoms with Gasteiger partial charge in [0.15, 0.2) is 0 Å². The van der Waals surface area contributed by atoms with Gasteiger partial charge in [-0.15, -0.1) is 0 Å². The number of ketones is 1. The first-order valence-corrected chi connectivity index (χ1v) is 7.21. The number of carbonyl (C=O) groups excluding carboxylic acids is 2. The number of Topliss-reactive ketones (excluding diaryl/α,β-unsaturated/α-hetero) is 1. The lowest BCUT2D eigenvalue weighted by Crippen LogP contribution is -2.40. The molecule has 0 saturated carbocycles. The van der Waals surface area contributed by atoms with E-state index in [1.807, 2.05) is 16.7 Å². The quantitative estimate of drug-likeness (QED) is 0.755. The number of nitrogens with zero attached hydrogens (tertiary/aromatic N) is 1. The van der Waals surface area contributed by atoms with Crippen molar-refractivity contribution >= 4 is 23.5 Å². The zero-order valence-electron chi connectivity index (χ0n) is 9.78. The van der Waals surface area contributed by atoms with Crippen LogP contribution >= 0.6 is 11.8 Å². The summed E-state index contributed by atoms with van der Waals surface area (Å²) in [5, 5.41) is 0. The summed E-state index contributed by atoms with van der Waals surface area (Å²) < 4.78 is 0. The zero-order valence-corrected chi connectivity index (χ0v) is 10.6. The maximum absolute atomic E-state index is 12.2.